The van der Waals surface area contributed by atoms with Crippen molar-refractivity contribution in [1.29, 1.82) is 0 Å². The molecule has 0 saturated carbocycles. The Morgan fingerprint density at radius 1 is 0.967 bits per heavy atom. The monoisotopic (exact) mass is 411 g/mol. The second kappa shape index (κ2) is 10.9. The smallest absolute Gasteiger partial charge is 0.310 e. The number of hydrogen-bond donors (Lipinski definition) is 1. The van der Waals surface area contributed by atoms with Gasteiger partial charge in [-0.1, -0.05) is 6.92 Å². The zero-order valence-corrected chi connectivity index (χ0v) is 17.3. The lowest BCUT2D eigenvalue weighted by Crippen LogP contribution is -2.16. The van der Waals surface area contributed by atoms with E-state index in [0.29, 0.717) is 34.5 Å². The zero-order chi connectivity index (χ0) is 22.1. The Morgan fingerprint density at radius 3 is 2.23 bits per heavy atom. The summed E-state index contributed by atoms with van der Waals surface area (Å²) in [6, 6.07) is 11.2. The van der Waals surface area contributed by atoms with Gasteiger partial charge in [0.25, 0.3) is 0 Å². The summed E-state index contributed by atoms with van der Waals surface area (Å²) in [4.78, 5) is 47.6. The maximum absolute atomic E-state index is 12.3. The van der Waals surface area contributed by atoms with E-state index in [0.717, 1.165) is 6.42 Å². The van der Waals surface area contributed by atoms with Gasteiger partial charge in [-0.25, -0.2) is 0 Å². The summed E-state index contributed by atoms with van der Waals surface area (Å²) in [6.45, 7) is 2.94. The van der Waals surface area contributed by atoms with Crippen molar-refractivity contribution in [3.8, 4) is 5.75 Å². The first-order valence-corrected chi connectivity index (χ1v) is 9.60. The van der Waals surface area contributed by atoms with Crippen molar-refractivity contribution < 1.29 is 28.7 Å². The van der Waals surface area contributed by atoms with Gasteiger partial charge in [-0.2, -0.15) is 0 Å². The van der Waals surface area contributed by atoms with Crippen LogP contribution in [0.25, 0.3) is 0 Å². The lowest BCUT2D eigenvalue weighted by molar-refractivity contribution is -0.141. The number of benzene rings is 2. The third-order valence-corrected chi connectivity index (χ3v) is 4.35. The Labute approximate surface area is 175 Å². The van der Waals surface area contributed by atoms with E-state index < -0.39 is 12.6 Å². The van der Waals surface area contributed by atoms with Gasteiger partial charge in [0.1, 0.15) is 5.75 Å². The highest BCUT2D eigenvalue weighted by atomic mass is 16.5. The highest BCUT2D eigenvalue weighted by molar-refractivity contribution is 5.99. The van der Waals surface area contributed by atoms with Crippen LogP contribution < -0.4 is 10.1 Å². The number of anilines is 1. The van der Waals surface area contributed by atoms with Crippen LogP contribution in [0.3, 0.4) is 0 Å². The lowest BCUT2D eigenvalue weighted by atomic mass is 10.0. The first kappa shape index (κ1) is 22.8. The number of hydrogen-bond acceptors (Lipinski definition) is 6. The predicted molar refractivity (Wildman–Crippen MR) is 112 cm³/mol. The summed E-state index contributed by atoms with van der Waals surface area (Å²) in [5.41, 5.74) is 1.93. The van der Waals surface area contributed by atoms with Crippen LogP contribution in [0.1, 0.15) is 53.0 Å². The molecule has 2 aromatic carbocycles. The summed E-state index contributed by atoms with van der Waals surface area (Å²) in [6.07, 6.45) is 1.05. The van der Waals surface area contributed by atoms with Crippen molar-refractivity contribution in [2.24, 2.45) is 0 Å². The molecule has 2 aromatic rings. The minimum absolute atomic E-state index is 0.0882. The molecule has 0 radical (unpaired) electrons. The Hall–Kier alpha value is -3.48. The normalized spacial score (nSPS) is 10.2. The van der Waals surface area contributed by atoms with Gasteiger partial charge >= 0.3 is 5.97 Å². The molecule has 0 aliphatic rings. The number of carbonyl (C=O) groups is 4. The fourth-order valence-electron chi connectivity index (χ4n) is 2.76. The molecule has 1 N–H and O–H groups in total. The molecule has 0 heterocycles. The Morgan fingerprint density at radius 2 is 1.63 bits per heavy atom. The van der Waals surface area contributed by atoms with Crippen LogP contribution in [0.4, 0.5) is 5.69 Å². The first-order valence-electron chi connectivity index (χ1n) is 9.60. The van der Waals surface area contributed by atoms with E-state index in [1.807, 2.05) is 6.92 Å². The van der Waals surface area contributed by atoms with Crippen LogP contribution in [-0.2, 0) is 20.7 Å². The molecule has 0 spiro atoms. The first-order chi connectivity index (χ1) is 14.3. The predicted octanol–water partition coefficient (Wildman–Crippen LogP) is 3.61. The maximum atomic E-state index is 12.3. The van der Waals surface area contributed by atoms with Gasteiger partial charge in [0, 0.05) is 28.8 Å². The molecular weight excluding hydrogens is 386 g/mol. The number of Topliss-reactive ketones (excluding diaryl/α,β-unsaturated/α-hetero) is 2. The van der Waals surface area contributed by atoms with Crippen LogP contribution in [0, 0.1) is 0 Å². The molecule has 0 atom stereocenters. The number of rotatable bonds is 10. The Kier molecular flexibility index (Phi) is 8.29. The largest absolute Gasteiger partial charge is 0.496 e. The van der Waals surface area contributed by atoms with Crippen LogP contribution >= 0.6 is 0 Å². The van der Waals surface area contributed by atoms with Crippen LogP contribution in [0.15, 0.2) is 42.5 Å². The average molecular weight is 411 g/mol. The Balaban J connectivity index is 1.93. The molecule has 0 bridgehead atoms. The minimum Gasteiger partial charge on any atom is -0.496 e. The van der Waals surface area contributed by atoms with E-state index in [1.165, 1.54) is 14.0 Å². The highest BCUT2D eigenvalue weighted by Crippen LogP contribution is 2.21. The fraction of sp³-hybridized carbons (Fsp3) is 0.304. The highest BCUT2D eigenvalue weighted by Gasteiger charge is 2.15. The van der Waals surface area contributed by atoms with Crippen molar-refractivity contribution in [1.82, 2.24) is 0 Å². The van der Waals surface area contributed by atoms with Crippen molar-refractivity contribution in [2.45, 2.75) is 33.1 Å². The second-order valence-corrected chi connectivity index (χ2v) is 6.72. The third kappa shape index (κ3) is 6.55. The molecule has 0 fully saturated rings. The maximum Gasteiger partial charge on any atom is 0.310 e. The van der Waals surface area contributed by atoms with Crippen molar-refractivity contribution in [2.75, 3.05) is 19.0 Å². The summed E-state index contributed by atoms with van der Waals surface area (Å²) in [7, 11) is 1.47. The van der Waals surface area contributed by atoms with E-state index in [4.69, 9.17) is 9.47 Å². The van der Waals surface area contributed by atoms with E-state index >= 15 is 0 Å². The Bertz CT molecular complexity index is 933. The topological polar surface area (TPSA) is 98.8 Å². The molecule has 0 aromatic heterocycles. The average Bonchev–Trinajstić information content (AvgIpc) is 2.72. The van der Waals surface area contributed by atoms with Crippen molar-refractivity contribution in [3.63, 3.8) is 0 Å². The third-order valence-electron chi connectivity index (χ3n) is 4.35. The molecule has 7 heteroatoms. The summed E-state index contributed by atoms with van der Waals surface area (Å²) in [5, 5.41) is 2.74. The summed E-state index contributed by atoms with van der Waals surface area (Å²) >= 11 is 0. The van der Waals surface area contributed by atoms with Gasteiger partial charge in [-0.05, 0) is 55.8 Å². The number of carbonyl (C=O) groups excluding carboxylic acids is 4. The minimum atomic E-state index is -0.606. The second-order valence-electron chi connectivity index (χ2n) is 6.72. The summed E-state index contributed by atoms with van der Waals surface area (Å²) < 4.78 is 10.3. The van der Waals surface area contributed by atoms with Gasteiger partial charge < -0.3 is 14.8 Å². The number of nitrogens with one attached hydrogen (secondary N) is 1. The SMILES string of the molecule is CCCC(=O)Nc1ccc(C(=O)COC(=O)Cc2cc(C(C)=O)ccc2OC)cc1. The van der Waals surface area contributed by atoms with Gasteiger partial charge in [-0.15, -0.1) is 0 Å². The molecule has 0 aliphatic carbocycles. The molecule has 1 amide bonds. The molecule has 158 valence electrons. The molecule has 7 nitrogen and oxygen atoms in total. The van der Waals surface area contributed by atoms with Crippen LogP contribution in [0.5, 0.6) is 5.75 Å². The number of esters is 1. The van der Waals surface area contributed by atoms with Crippen molar-refractivity contribution in [3.05, 3.63) is 59.2 Å². The fourth-order valence-corrected chi connectivity index (χ4v) is 2.76. The molecule has 0 saturated heterocycles. The van der Waals surface area contributed by atoms with Gasteiger partial charge in [0.2, 0.25) is 5.91 Å². The van der Waals surface area contributed by atoms with Crippen LogP contribution in [0.2, 0.25) is 0 Å². The number of ketones is 2. The quantitative estimate of drug-likeness (QED) is 0.474. The molecular formula is C23H25NO6. The molecule has 0 unspecified atom stereocenters. The van der Waals surface area contributed by atoms with Crippen LogP contribution in [-0.4, -0.2) is 37.2 Å². The van der Waals surface area contributed by atoms with E-state index in [2.05, 4.69) is 5.32 Å². The van der Waals surface area contributed by atoms with Gasteiger partial charge in [0.05, 0.1) is 13.5 Å². The number of ether oxygens (including phenoxy) is 2. The molecule has 2 rings (SSSR count). The lowest BCUT2D eigenvalue weighted by Gasteiger charge is -2.10. The van der Waals surface area contributed by atoms with E-state index in [1.54, 1.807) is 42.5 Å². The zero-order valence-electron chi connectivity index (χ0n) is 17.3. The number of amides is 1. The summed E-state index contributed by atoms with van der Waals surface area (Å²) in [5.74, 6) is -0.722. The standard InChI is InChI=1S/C23H25NO6/c1-4-5-22(27)24-19-9-6-16(7-10-19)20(26)14-30-23(28)13-18-12-17(15(2)25)8-11-21(18)29-3/h6-12H,4-5,13-14H2,1-3H3,(H,24,27). The van der Waals surface area contributed by atoms with E-state index in [-0.39, 0.29) is 23.9 Å². The van der Waals surface area contributed by atoms with Gasteiger partial charge in [0.15, 0.2) is 18.2 Å². The van der Waals surface area contributed by atoms with Gasteiger partial charge in [-0.3, -0.25) is 19.2 Å². The van der Waals surface area contributed by atoms with E-state index in [9.17, 15) is 19.2 Å². The van der Waals surface area contributed by atoms with Crippen molar-refractivity contribution >= 4 is 29.1 Å². The molecule has 0 aliphatic heterocycles. The number of methoxy groups -OCH3 is 1. The molecule has 30 heavy (non-hydrogen) atoms.